The van der Waals surface area contributed by atoms with Crippen LogP contribution in [0.2, 0.25) is 0 Å². The maximum atomic E-state index is 5.93. The molecule has 0 aliphatic heterocycles. The van der Waals surface area contributed by atoms with Crippen LogP contribution in [0.5, 0.6) is 23.0 Å². The largest absolute Gasteiger partial charge is 0.496 e. The summed E-state index contributed by atoms with van der Waals surface area (Å²) in [5.41, 5.74) is 3.52. The monoisotopic (exact) mass is 420 g/mol. The molecule has 0 aromatic heterocycles. The van der Waals surface area contributed by atoms with Gasteiger partial charge in [-0.15, -0.1) is 0 Å². The van der Waals surface area contributed by atoms with Gasteiger partial charge in [-0.05, 0) is 61.9 Å². The van der Waals surface area contributed by atoms with Gasteiger partial charge in [-0.3, -0.25) is 0 Å². The van der Waals surface area contributed by atoms with Gasteiger partial charge in [-0.1, -0.05) is 42.5 Å². The Bertz CT molecular complexity index is 937. The van der Waals surface area contributed by atoms with Gasteiger partial charge in [0.15, 0.2) is 0 Å². The Morgan fingerprint density at radius 2 is 1.26 bits per heavy atom. The summed E-state index contributed by atoms with van der Waals surface area (Å²) in [4.78, 5) is 0. The number of benzene rings is 3. The SMILES string of the molecule is CCOc1ccc(CCCc2ccc(OCc3ccccc3)cc2OC)c(OCC)c1. The first-order valence-electron chi connectivity index (χ1n) is 11.0. The summed E-state index contributed by atoms with van der Waals surface area (Å²) in [7, 11) is 1.71. The molecule has 4 nitrogen and oxygen atoms in total. The van der Waals surface area contributed by atoms with Gasteiger partial charge in [0.2, 0.25) is 0 Å². The van der Waals surface area contributed by atoms with Gasteiger partial charge in [0, 0.05) is 12.1 Å². The van der Waals surface area contributed by atoms with E-state index in [0.29, 0.717) is 19.8 Å². The number of methoxy groups -OCH3 is 1. The minimum absolute atomic E-state index is 0.543. The number of hydrogen-bond donors (Lipinski definition) is 0. The molecule has 4 heteroatoms. The van der Waals surface area contributed by atoms with E-state index in [2.05, 4.69) is 24.3 Å². The Hall–Kier alpha value is -3.14. The lowest BCUT2D eigenvalue weighted by Crippen LogP contribution is -2.01. The first kappa shape index (κ1) is 22.5. The molecule has 0 N–H and O–H groups in total. The zero-order valence-electron chi connectivity index (χ0n) is 18.7. The average Bonchev–Trinajstić information content (AvgIpc) is 2.80. The summed E-state index contributed by atoms with van der Waals surface area (Å²) in [6.45, 7) is 5.82. The Labute approximate surface area is 185 Å². The van der Waals surface area contributed by atoms with Gasteiger partial charge in [0.1, 0.15) is 29.6 Å². The fourth-order valence-corrected chi connectivity index (χ4v) is 3.52. The molecular formula is C27H32O4. The Kier molecular flexibility index (Phi) is 8.65. The molecule has 31 heavy (non-hydrogen) atoms. The third-order valence-corrected chi connectivity index (χ3v) is 5.05. The van der Waals surface area contributed by atoms with Crippen LogP contribution in [-0.4, -0.2) is 20.3 Å². The second-order valence-corrected chi connectivity index (χ2v) is 7.24. The van der Waals surface area contributed by atoms with Gasteiger partial charge < -0.3 is 18.9 Å². The van der Waals surface area contributed by atoms with Crippen LogP contribution in [0.1, 0.15) is 37.0 Å². The molecule has 0 atom stereocenters. The first-order valence-corrected chi connectivity index (χ1v) is 11.0. The normalized spacial score (nSPS) is 10.5. The minimum atomic E-state index is 0.543. The van der Waals surface area contributed by atoms with Crippen LogP contribution in [0.15, 0.2) is 66.7 Å². The highest BCUT2D eigenvalue weighted by Gasteiger charge is 2.09. The summed E-state index contributed by atoms with van der Waals surface area (Å²) in [6, 6.07) is 22.4. The van der Waals surface area contributed by atoms with Crippen molar-refractivity contribution in [2.45, 2.75) is 39.7 Å². The minimum Gasteiger partial charge on any atom is -0.496 e. The van der Waals surface area contributed by atoms with Crippen molar-refractivity contribution in [1.29, 1.82) is 0 Å². The van der Waals surface area contributed by atoms with E-state index in [-0.39, 0.29) is 0 Å². The zero-order valence-corrected chi connectivity index (χ0v) is 18.7. The molecule has 3 aromatic rings. The van der Waals surface area contributed by atoms with E-state index in [1.54, 1.807) is 7.11 Å². The third-order valence-electron chi connectivity index (χ3n) is 5.05. The molecular weight excluding hydrogens is 388 g/mol. The molecule has 0 amide bonds. The summed E-state index contributed by atoms with van der Waals surface area (Å²) >= 11 is 0. The van der Waals surface area contributed by atoms with E-state index >= 15 is 0 Å². The summed E-state index contributed by atoms with van der Waals surface area (Å²) in [5.74, 6) is 3.43. The van der Waals surface area contributed by atoms with E-state index in [4.69, 9.17) is 18.9 Å². The topological polar surface area (TPSA) is 36.9 Å². The van der Waals surface area contributed by atoms with E-state index in [1.807, 2.05) is 56.3 Å². The van der Waals surface area contributed by atoms with Crippen LogP contribution < -0.4 is 18.9 Å². The van der Waals surface area contributed by atoms with Gasteiger partial charge in [0.25, 0.3) is 0 Å². The van der Waals surface area contributed by atoms with Crippen molar-refractivity contribution in [1.82, 2.24) is 0 Å². The molecule has 0 saturated heterocycles. The van der Waals surface area contributed by atoms with Gasteiger partial charge in [-0.25, -0.2) is 0 Å². The summed E-state index contributed by atoms with van der Waals surface area (Å²) in [6.07, 6.45) is 2.84. The molecule has 3 rings (SSSR count). The molecule has 0 fully saturated rings. The summed E-state index contributed by atoms with van der Waals surface area (Å²) < 4.78 is 23.0. The average molecular weight is 421 g/mol. The quantitative estimate of drug-likeness (QED) is 0.347. The molecule has 0 aliphatic carbocycles. The Morgan fingerprint density at radius 1 is 0.645 bits per heavy atom. The molecule has 0 heterocycles. The highest BCUT2D eigenvalue weighted by Crippen LogP contribution is 2.29. The second-order valence-electron chi connectivity index (χ2n) is 7.24. The van der Waals surface area contributed by atoms with Gasteiger partial charge in [0.05, 0.1) is 20.3 Å². The van der Waals surface area contributed by atoms with Crippen molar-refractivity contribution < 1.29 is 18.9 Å². The Balaban J connectivity index is 1.60. The second kappa shape index (κ2) is 11.9. The standard InChI is InChI=1S/C27H32O4/c1-4-29-24-16-15-23(27(19-24)30-5-2)13-9-12-22-14-17-25(18-26(22)28-3)31-20-21-10-7-6-8-11-21/h6-8,10-11,14-19H,4-5,9,12-13,20H2,1-3H3. The number of ether oxygens (including phenoxy) is 4. The molecule has 3 aromatic carbocycles. The Morgan fingerprint density at radius 3 is 1.90 bits per heavy atom. The fourth-order valence-electron chi connectivity index (χ4n) is 3.52. The molecule has 164 valence electrons. The fraction of sp³-hybridized carbons (Fsp3) is 0.333. The predicted molar refractivity (Wildman–Crippen MR) is 125 cm³/mol. The molecule has 0 aliphatic rings. The van der Waals surface area contributed by atoms with E-state index in [9.17, 15) is 0 Å². The number of aryl methyl sites for hydroxylation is 2. The van der Waals surface area contributed by atoms with Crippen molar-refractivity contribution in [2.24, 2.45) is 0 Å². The van der Waals surface area contributed by atoms with E-state index in [1.165, 1.54) is 11.1 Å². The predicted octanol–water partition coefficient (Wildman–Crippen LogP) is 6.25. The van der Waals surface area contributed by atoms with Crippen LogP contribution in [0, 0.1) is 0 Å². The number of rotatable bonds is 12. The lowest BCUT2D eigenvalue weighted by Gasteiger charge is -2.14. The maximum Gasteiger partial charge on any atom is 0.126 e. The van der Waals surface area contributed by atoms with Crippen LogP contribution in [0.25, 0.3) is 0 Å². The molecule has 0 unspecified atom stereocenters. The number of hydrogen-bond acceptors (Lipinski definition) is 4. The lowest BCUT2D eigenvalue weighted by molar-refractivity contribution is 0.303. The van der Waals surface area contributed by atoms with E-state index < -0.39 is 0 Å². The highest BCUT2D eigenvalue weighted by atomic mass is 16.5. The van der Waals surface area contributed by atoms with Crippen molar-refractivity contribution in [3.8, 4) is 23.0 Å². The molecule has 0 bridgehead atoms. The molecule has 0 spiro atoms. The molecule has 0 radical (unpaired) electrons. The highest BCUT2D eigenvalue weighted by molar-refractivity contribution is 5.42. The van der Waals surface area contributed by atoms with Crippen LogP contribution in [0.4, 0.5) is 0 Å². The summed E-state index contributed by atoms with van der Waals surface area (Å²) in [5, 5.41) is 0. The van der Waals surface area contributed by atoms with Crippen molar-refractivity contribution >= 4 is 0 Å². The smallest absolute Gasteiger partial charge is 0.126 e. The van der Waals surface area contributed by atoms with Gasteiger partial charge in [-0.2, -0.15) is 0 Å². The van der Waals surface area contributed by atoms with Crippen molar-refractivity contribution in [3.05, 3.63) is 83.4 Å². The lowest BCUT2D eigenvalue weighted by atomic mass is 10.0. The zero-order chi connectivity index (χ0) is 21.9. The van der Waals surface area contributed by atoms with Crippen LogP contribution in [-0.2, 0) is 19.4 Å². The molecule has 0 saturated carbocycles. The third kappa shape index (κ3) is 6.68. The van der Waals surface area contributed by atoms with E-state index in [0.717, 1.165) is 47.8 Å². The maximum absolute atomic E-state index is 5.93. The van der Waals surface area contributed by atoms with Gasteiger partial charge >= 0.3 is 0 Å². The van der Waals surface area contributed by atoms with Crippen molar-refractivity contribution in [3.63, 3.8) is 0 Å². The van der Waals surface area contributed by atoms with Crippen LogP contribution in [0.3, 0.4) is 0 Å². The first-order chi connectivity index (χ1) is 15.2. The van der Waals surface area contributed by atoms with Crippen molar-refractivity contribution in [2.75, 3.05) is 20.3 Å². The van der Waals surface area contributed by atoms with Crippen LogP contribution >= 0.6 is 0 Å².